The highest BCUT2D eigenvalue weighted by molar-refractivity contribution is 9.10. The van der Waals surface area contributed by atoms with E-state index in [1.807, 2.05) is 32.0 Å². The molecular weight excluding hydrogens is 582 g/mol. The van der Waals surface area contributed by atoms with E-state index in [9.17, 15) is 19.7 Å². The van der Waals surface area contributed by atoms with E-state index in [0.29, 0.717) is 15.8 Å². The quantitative estimate of drug-likeness (QED) is 0.0804. The van der Waals surface area contributed by atoms with E-state index in [1.165, 1.54) is 21.9 Å². The van der Waals surface area contributed by atoms with Crippen LogP contribution >= 0.6 is 28.1 Å². The number of amides is 2. The van der Waals surface area contributed by atoms with E-state index in [4.69, 9.17) is 16.6 Å². The molecule has 1 fully saturated rings. The predicted molar refractivity (Wildman–Crippen MR) is 156 cm³/mol. The Labute approximate surface area is 237 Å². The van der Waals surface area contributed by atoms with E-state index in [1.54, 1.807) is 54.6 Å². The highest BCUT2D eigenvalue weighted by atomic mass is 79.9. The number of benzene rings is 3. The van der Waals surface area contributed by atoms with E-state index in [-0.39, 0.29) is 33.5 Å². The molecule has 1 saturated heterocycles. The van der Waals surface area contributed by atoms with E-state index in [2.05, 4.69) is 15.9 Å². The smallest absolute Gasteiger partial charge is 0.281 e. The second-order valence-corrected chi connectivity index (χ2v) is 10.1. The van der Waals surface area contributed by atoms with Gasteiger partial charge in [-0.2, -0.15) is 0 Å². The molecule has 2 amide bonds. The number of hydrogen-bond acceptors (Lipinski definition) is 6. The van der Waals surface area contributed by atoms with Crippen molar-refractivity contribution in [1.29, 1.82) is 0 Å². The maximum atomic E-state index is 13.8. The SMILES string of the molecule is Cc1ccc(N2C(=O)/C(=C/c3ccc(-c4ccc(Br)cc4[N+](=O)[O-])o3)C(=O)N(c3ccccc3)C2=S)cc1C. The van der Waals surface area contributed by atoms with Crippen molar-refractivity contribution in [1.82, 2.24) is 0 Å². The number of nitrogens with zero attached hydrogens (tertiary/aromatic N) is 3. The van der Waals surface area contributed by atoms with Gasteiger partial charge in [-0.05, 0) is 91.8 Å². The fraction of sp³-hybridized carbons (Fsp3) is 0.0690. The van der Waals surface area contributed by atoms with E-state index in [0.717, 1.165) is 11.1 Å². The summed E-state index contributed by atoms with van der Waals surface area (Å²) in [5, 5.41) is 11.6. The van der Waals surface area contributed by atoms with Crippen LogP contribution in [0.25, 0.3) is 17.4 Å². The number of furan rings is 1. The topological polar surface area (TPSA) is 96.9 Å². The highest BCUT2D eigenvalue weighted by Gasteiger charge is 2.41. The van der Waals surface area contributed by atoms with Gasteiger partial charge in [-0.15, -0.1) is 0 Å². The summed E-state index contributed by atoms with van der Waals surface area (Å²) in [6.45, 7) is 3.89. The van der Waals surface area contributed by atoms with Crippen LogP contribution in [0.15, 0.2) is 93.3 Å². The number of carbonyl (C=O) groups is 2. The number of carbonyl (C=O) groups excluding carboxylic acids is 2. The van der Waals surface area contributed by atoms with Crippen LogP contribution in [0, 0.1) is 24.0 Å². The lowest BCUT2D eigenvalue weighted by molar-refractivity contribution is -0.384. The molecule has 8 nitrogen and oxygen atoms in total. The molecule has 0 spiro atoms. The van der Waals surface area contributed by atoms with Crippen LogP contribution in [0.2, 0.25) is 0 Å². The number of aryl methyl sites for hydroxylation is 2. The molecule has 0 atom stereocenters. The lowest BCUT2D eigenvalue weighted by Crippen LogP contribution is -2.57. The molecule has 3 aromatic carbocycles. The average molecular weight is 602 g/mol. The number of para-hydroxylation sites is 1. The molecule has 1 aliphatic heterocycles. The summed E-state index contributed by atoms with van der Waals surface area (Å²) in [7, 11) is 0. The number of nitro groups is 1. The van der Waals surface area contributed by atoms with Gasteiger partial charge < -0.3 is 4.42 Å². The Bertz CT molecular complexity index is 1700. The first-order valence-corrected chi connectivity index (χ1v) is 13.0. The summed E-state index contributed by atoms with van der Waals surface area (Å²) in [4.78, 5) is 41.2. The van der Waals surface area contributed by atoms with Gasteiger partial charge in [0.2, 0.25) is 0 Å². The van der Waals surface area contributed by atoms with Crippen molar-refractivity contribution in [3.8, 4) is 11.3 Å². The van der Waals surface area contributed by atoms with Crippen molar-refractivity contribution in [3.05, 3.63) is 116 Å². The molecule has 39 heavy (non-hydrogen) atoms. The molecule has 5 rings (SSSR count). The van der Waals surface area contributed by atoms with Crippen LogP contribution in [0.3, 0.4) is 0 Å². The van der Waals surface area contributed by atoms with Crippen molar-refractivity contribution < 1.29 is 18.9 Å². The van der Waals surface area contributed by atoms with Gasteiger partial charge in [0.15, 0.2) is 5.11 Å². The molecule has 2 heterocycles. The monoisotopic (exact) mass is 601 g/mol. The molecule has 4 aromatic rings. The largest absolute Gasteiger partial charge is 0.456 e. The molecule has 1 aliphatic rings. The van der Waals surface area contributed by atoms with Crippen molar-refractivity contribution >= 4 is 68.2 Å². The summed E-state index contributed by atoms with van der Waals surface area (Å²) in [6, 6.07) is 22.0. The molecule has 0 unspecified atom stereocenters. The zero-order valence-corrected chi connectivity index (χ0v) is 23.2. The molecule has 0 bridgehead atoms. The minimum absolute atomic E-state index is 0.0298. The van der Waals surface area contributed by atoms with Gasteiger partial charge in [-0.1, -0.05) is 40.2 Å². The molecule has 1 aromatic heterocycles. The third kappa shape index (κ3) is 4.91. The first kappa shape index (κ1) is 26.2. The van der Waals surface area contributed by atoms with Crippen molar-refractivity contribution in [2.75, 3.05) is 9.80 Å². The predicted octanol–water partition coefficient (Wildman–Crippen LogP) is 6.98. The Morgan fingerprint density at radius 2 is 1.56 bits per heavy atom. The third-order valence-corrected chi connectivity index (χ3v) is 7.21. The van der Waals surface area contributed by atoms with Crippen LogP contribution < -0.4 is 9.80 Å². The lowest BCUT2D eigenvalue weighted by atomic mass is 10.1. The summed E-state index contributed by atoms with van der Waals surface area (Å²) in [5.74, 6) is -0.810. The normalized spacial score (nSPS) is 14.8. The molecule has 0 N–H and O–H groups in total. The summed E-state index contributed by atoms with van der Waals surface area (Å²) in [6.07, 6.45) is 1.34. The van der Waals surface area contributed by atoms with Gasteiger partial charge >= 0.3 is 0 Å². The Kier molecular flexibility index (Phi) is 6.98. The number of rotatable bonds is 5. The first-order chi connectivity index (χ1) is 18.7. The van der Waals surface area contributed by atoms with Gasteiger partial charge in [-0.3, -0.25) is 29.5 Å². The second-order valence-electron chi connectivity index (χ2n) is 8.85. The summed E-state index contributed by atoms with van der Waals surface area (Å²) < 4.78 is 6.42. The van der Waals surface area contributed by atoms with Gasteiger partial charge in [0.1, 0.15) is 17.1 Å². The molecular formula is C29H20BrN3O5S. The van der Waals surface area contributed by atoms with Gasteiger partial charge in [0.25, 0.3) is 17.5 Å². The third-order valence-electron chi connectivity index (χ3n) is 6.35. The molecule has 0 aliphatic carbocycles. The zero-order valence-electron chi connectivity index (χ0n) is 20.8. The van der Waals surface area contributed by atoms with Crippen molar-refractivity contribution in [2.45, 2.75) is 13.8 Å². The Balaban J connectivity index is 1.61. The fourth-order valence-corrected chi connectivity index (χ4v) is 4.93. The first-order valence-electron chi connectivity index (χ1n) is 11.8. The molecule has 194 valence electrons. The van der Waals surface area contributed by atoms with Crippen molar-refractivity contribution in [2.24, 2.45) is 0 Å². The highest BCUT2D eigenvalue weighted by Crippen LogP contribution is 2.35. The van der Waals surface area contributed by atoms with Crippen LogP contribution in [0.5, 0.6) is 0 Å². The Morgan fingerprint density at radius 3 is 2.23 bits per heavy atom. The van der Waals surface area contributed by atoms with Crippen LogP contribution in [0.4, 0.5) is 17.1 Å². The number of thiocarbonyl (C=S) groups is 1. The summed E-state index contributed by atoms with van der Waals surface area (Å²) >= 11 is 8.91. The van der Waals surface area contributed by atoms with Gasteiger partial charge in [-0.25, -0.2) is 0 Å². The van der Waals surface area contributed by atoms with Gasteiger partial charge in [0, 0.05) is 10.5 Å². The second kappa shape index (κ2) is 10.4. The molecule has 0 saturated carbocycles. The standard InChI is InChI=1S/C29H20BrN3O5S/c1-17-8-10-21(14-18(17)2)32-28(35)24(27(34)31(29(32)39)20-6-4-3-5-7-20)16-22-11-13-26(38-22)23-12-9-19(30)15-25(23)33(36)37/h3-16H,1-2H3/b24-16+. The zero-order chi connectivity index (χ0) is 27.8. The maximum absolute atomic E-state index is 13.8. The summed E-state index contributed by atoms with van der Waals surface area (Å²) in [5.41, 5.74) is 2.98. The van der Waals surface area contributed by atoms with Crippen LogP contribution in [0.1, 0.15) is 16.9 Å². The van der Waals surface area contributed by atoms with E-state index < -0.39 is 16.7 Å². The van der Waals surface area contributed by atoms with E-state index >= 15 is 0 Å². The number of hydrogen-bond donors (Lipinski definition) is 0. The number of halogens is 1. The number of nitro benzene ring substituents is 1. The Hall–Kier alpha value is -4.41. The average Bonchev–Trinajstić information content (AvgIpc) is 3.38. The minimum atomic E-state index is -0.608. The van der Waals surface area contributed by atoms with Crippen LogP contribution in [-0.2, 0) is 9.59 Å². The fourth-order valence-electron chi connectivity index (χ4n) is 4.21. The Morgan fingerprint density at radius 1 is 0.872 bits per heavy atom. The number of anilines is 2. The van der Waals surface area contributed by atoms with Crippen LogP contribution in [-0.4, -0.2) is 21.9 Å². The molecule has 0 radical (unpaired) electrons. The van der Waals surface area contributed by atoms with Crippen molar-refractivity contribution in [3.63, 3.8) is 0 Å². The lowest BCUT2D eigenvalue weighted by Gasteiger charge is -2.36. The molecule has 10 heteroatoms. The minimum Gasteiger partial charge on any atom is -0.456 e. The van der Waals surface area contributed by atoms with Gasteiger partial charge in [0.05, 0.1) is 21.9 Å². The maximum Gasteiger partial charge on any atom is 0.281 e.